The van der Waals surface area contributed by atoms with Gasteiger partial charge in [-0.05, 0) is 26.2 Å². The molecule has 2 heterocycles. The van der Waals surface area contributed by atoms with Crippen molar-refractivity contribution in [2.45, 2.75) is 77.8 Å². The number of hydrogen-bond acceptors (Lipinski definition) is 4. The molecule has 1 saturated heterocycles. The maximum atomic E-state index is 12.6. The SMILES string of the molecule is CCNC(=NCc1nc(C(C)(C)C)cs1)NC1CCN(C(=O)C2CCCC2)C1.I. The van der Waals surface area contributed by atoms with E-state index in [2.05, 4.69) is 43.7 Å². The fourth-order valence-electron chi connectivity index (χ4n) is 3.90. The molecule has 6 nitrogen and oxygen atoms in total. The fraction of sp³-hybridized carbons (Fsp3) is 0.762. The largest absolute Gasteiger partial charge is 0.357 e. The van der Waals surface area contributed by atoms with Crippen LogP contribution in [0.15, 0.2) is 10.4 Å². The number of aromatic nitrogens is 1. The van der Waals surface area contributed by atoms with E-state index in [0.717, 1.165) is 55.6 Å². The predicted molar refractivity (Wildman–Crippen MR) is 131 cm³/mol. The Balaban J connectivity index is 0.00000300. The van der Waals surface area contributed by atoms with Crippen LogP contribution >= 0.6 is 35.3 Å². The highest BCUT2D eigenvalue weighted by molar-refractivity contribution is 14.0. The monoisotopic (exact) mass is 533 g/mol. The molecule has 1 aromatic rings. The molecule has 164 valence electrons. The van der Waals surface area contributed by atoms with E-state index in [-0.39, 0.29) is 41.4 Å². The summed E-state index contributed by atoms with van der Waals surface area (Å²) in [6, 6.07) is 0.268. The predicted octanol–water partition coefficient (Wildman–Crippen LogP) is 3.90. The van der Waals surface area contributed by atoms with Gasteiger partial charge in [-0.2, -0.15) is 0 Å². The molecule has 1 unspecified atom stereocenters. The molecule has 1 amide bonds. The first-order chi connectivity index (χ1) is 13.4. The second kappa shape index (κ2) is 10.9. The van der Waals surface area contributed by atoms with Gasteiger partial charge in [0.25, 0.3) is 0 Å². The Morgan fingerprint density at radius 2 is 2.03 bits per heavy atom. The van der Waals surface area contributed by atoms with E-state index in [1.54, 1.807) is 11.3 Å². The van der Waals surface area contributed by atoms with E-state index in [0.29, 0.717) is 12.5 Å². The fourth-order valence-corrected chi connectivity index (χ4v) is 4.84. The minimum atomic E-state index is 0. The van der Waals surface area contributed by atoms with Crippen molar-refractivity contribution in [3.05, 3.63) is 16.1 Å². The molecule has 1 atom stereocenters. The smallest absolute Gasteiger partial charge is 0.225 e. The quantitative estimate of drug-likeness (QED) is 0.342. The molecule has 2 fully saturated rings. The number of rotatable bonds is 5. The van der Waals surface area contributed by atoms with Gasteiger partial charge in [0.1, 0.15) is 5.01 Å². The van der Waals surface area contributed by atoms with Crippen LogP contribution in [0.25, 0.3) is 0 Å². The minimum absolute atomic E-state index is 0. The van der Waals surface area contributed by atoms with E-state index >= 15 is 0 Å². The minimum Gasteiger partial charge on any atom is -0.357 e. The first-order valence-electron chi connectivity index (χ1n) is 10.7. The van der Waals surface area contributed by atoms with Crippen LogP contribution in [0, 0.1) is 5.92 Å². The summed E-state index contributed by atoms with van der Waals surface area (Å²) >= 11 is 1.67. The summed E-state index contributed by atoms with van der Waals surface area (Å²) in [6.07, 6.45) is 5.53. The third-order valence-electron chi connectivity index (χ3n) is 5.58. The van der Waals surface area contributed by atoms with Crippen LogP contribution in [0.4, 0.5) is 0 Å². The second-order valence-electron chi connectivity index (χ2n) is 8.97. The lowest BCUT2D eigenvalue weighted by molar-refractivity contribution is -0.134. The van der Waals surface area contributed by atoms with Crippen molar-refractivity contribution >= 4 is 47.2 Å². The molecule has 2 N–H and O–H groups in total. The van der Waals surface area contributed by atoms with Gasteiger partial charge in [0, 0.05) is 42.4 Å². The van der Waals surface area contributed by atoms with Gasteiger partial charge in [-0.1, -0.05) is 33.6 Å². The highest BCUT2D eigenvalue weighted by Gasteiger charge is 2.32. The van der Waals surface area contributed by atoms with Gasteiger partial charge in [0.15, 0.2) is 5.96 Å². The summed E-state index contributed by atoms with van der Waals surface area (Å²) in [5, 5.41) is 10.0. The van der Waals surface area contributed by atoms with Crippen molar-refractivity contribution < 1.29 is 4.79 Å². The molecular weight excluding hydrogens is 497 g/mol. The Morgan fingerprint density at radius 1 is 1.31 bits per heavy atom. The van der Waals surface area contributed by atoms with Crippen LogP contribution in [0.1, 0.15) is 70.5 Å². The topological polar surface area (TPSA) is 69.6 Å². The number of likely N-dealkylation sites (tertiary alicyclic amines) is 1. The van der Waals surface area contributed by atoms with Crippen LogP contribution < -0.4 is 10.6 Å². The van der Waals surface area contributed by atoms with Crippen molar-refractivity contribution in [2.75, 3.05) is 19.6 Å². The second-order valence-corrected chi connectivity index (χ2v) is 9.91. The third-order valence-corrected chi connectivity index (χ3v) is 6.42. The Morgan fingerprint density at radius 3 is 2.66 bits per heavy atom. The van der Waals surface area contributed by atoms with E-state index in [1.807, 2.05) is 4.90 Å². The molecule has 0 bridgehead atoms. The molecule has 0 radical (unpaired) electrons. The number of carbonyl (C=O) groups is 1. The standard InChI is InChI=1S/C21H35N5OS.HI/c1-5-22-20(23-12-18-25-17(14-28-18)21(2,3)4)24-16-10-11-26(13-16)19(27)15-8-6-7-9-15;/h14-16H,5-13H2,1-4H3,(H2,22,23,24);1H. The van der Waals surface area contributed by atoms with Gasteiger partial charge in [-0.25, -0.2) is 9.98 Å². The highest BCUT2D eigenvalue weighted by Crippen LogP contribution is 2.28. The van der Waals surface area contributed by atoms with Gasteiger partial charge in [0.2, 0.25) is 5.91 Å². The molecule has 0 aromatic carbocycles. The van der Waals surface area contributed by atoms with Crippen molar-refractivity contribution in [1.82, 2.24) is 20.5 Å². The number of thiazole rings is 1. The molecule has 1 saturated carbocycles. The van der Waals surface area contributed by atoms with Gasteiger partial charge >= 0.3 is 0 Å². The first-order valence-corrected chi connectivity index (χ1v) is 11.5. The van der Waals surface area contributed by atoms with Crippen LogP contribution in [0.5, 0.6) is 0 Å². The molecule has 29 heavy (non-hydrogen) atoms. The number of aliphatic imine (C=N–C) groups is 1. The van der Waals surface area contributed by atoms with Gasteiger partial charge < -0.3 is 15.5 Å². The lowest BCUT2D eigenvalue weighted by Gasteiger charge is -2.21. The Hall–Kier alpha value is -0.900. The summed E-state index contributed by atoms with van der Waals surface area (Å²) in [7, 11) is 0. The maximum Gasteiger partial charge on any atom is 0.225 e. The molecule has 8 heteroatoms. The van der Waals surface area contributed by atoms with Crippen molar-refractivity contribution in [3.63, 3.8) is 0 Å². The number of halogens is 1. The number of amides is 1. The molecule has 3 rings (SSSR count). The summed E-state index contributed by atoms with van der Waals surface area (Å²) < 4.78 is 0. The zero-order chi connectivity index (χ0) is 20.1. The van der Waals surface area contributed by atoms with Crippen LogP contribution in [0.3, 0.4) is 0 Å². The summed E-state index contributed by atoms with van der Waals surface area (Å²) in [5.41, 5.74) is 1.19. The highest BCUT2D eigenvalue weighted by atomic mass is 127. The molecular formula is C21H36IN5OS. The number of guanidine groups is 1. The lowest BCUT2D eigenvalue weighted by Crippen LogP contribution is -2.45. The number of nitrogens with zero attached hydrogens (tertiary/aromatic N) is 3. The van der Waals surface area contributed by atoms with Gasteiger partial charge in [0.05, 0.1) is 12.2 Å². The first kappa shape index (κ1) is 24.4. The summed E-state index contributed by atoms with van der Waals surface area (Å²) in [5.74, 6) is 1.44. The van der Waals surface area contributed by atoms with E-state index in [9.17, 15) is 4.79 Å². The van der Waals surface area contributed by atoms with Gasteiger partial charge in [-0.15, -0.1) is 35.3 Å². The van der Waals surface area contributed by atoms with Crippen molar-refractivity contribution in [3.8, 4) is 0 Å². The molecule has 1 aromatic heterocycles. The Kier molecular flexibility index (Phi) is 9.18. The van der Waals surface area contributed by atoms with Crippen molar-refractivity contribution in [1.29, 1.82) is 0 Å². The van der Waals surface area contributed by atoms with Crippen LogP contribution in [-0.4, -0.2) is 47.4 Å². The van der Waals surface area contributed by atoms with Crippen LogP contribution in [-0.2, 0) is 16.8 Å². The Bertz CT molecular complexity index is 693. The summed E-state index contributed by atoms with van der Waals surface area (Å²) in [6.45, 7) is 11.6. The molecule has 2 aliphatic rings. The van der Waals surface area contributed by atoms with Crippen molar-refractivity contribution in [2.24, 2.45) is 10.9 Å². The number of hydrogen-bond donors (Lipinski definition) is 2. The zero-order valence-electron chi connectivity index (χ0n) is 18.2. The third kappa shape index (κ3) is 6.80. The average molecular weight is 534 g/mol. The molecule has 1 aliphatic carbocycles. The molecule has 1 aliphatic heterocycles. The molecule has 0 spiro atoms. The summed E-state index contributed by atoms with van der Waals surface area (Å²) in [4.78, 5) is 24.1. The number of carbonyl (C=O) groups excluding carboxylic acids is 1. The van der Waals surface area contributed by atoms with Crippen LogP contribution in [0.2, 0.25) is 0 Å². The Labute approximate surface area is 196 Å². The van der Waals surface area contributed by atoms with E-state index < -0.39 is 0 Å². The zero-order valence-corrected chi connectivity index (χ0v) is 21.3. The average Bonchev–Trinajstić information content (AvgIpc) is 3.39. The normalized spacial score (nSPS) is 20.6. The van der Waals surface area contributed by atoms with E-state index in [1.165, 1.54) is 12.8 Å². The maximum absolute atomic E-state index is 12.6. The van der Waals surface area contributed by atoms with Gasteiger partial charge in [-0.3, -0.25) is 4.79 Å². The van der Waals surface area contributed by atoms with E-state index in [4.69, 9.17) is 9.98 Å². The number of nitrogens with one attached hydrogen (secondary N) is 2. The lowest BCUT2D eigenvalue weighted by atomic mass is 9.93.